The standard InChI is InChI=1S/C18H39N3O2/c1-4-7-8-9-10-11-12-13-14-15-16-23-17(22)18(5-2,6-3)21(19)20/h4-16,19-20H2,1-3H3. The molecule has 0 bridgehead atoms. The molecular formula is C18H39N3O2. The largest absolute Gasteiger partial charge is 0.464 e. The summed E-state index contributed by atoms with van der Waals surface area (Å²) in [4.78, 5) is 12.2. The first-order chi connectivity index (χ1) is 11.0. The SMILES string of the molecule is CCCCCCCCCCCCOC(=O)C(CC)(CC)N(N)N. The van der Waals surface area contributed by atoms with E-state index < -0.39 is 5.54 Å². The summed E-state index contributed by atoms with van der Waals surface area (Å²) < 4.78 is 5.38. The van der Waals surface area contributed by atoms with Crippen molar-refractivity contribution in [3.8, 4) is 0 Å². The van der Waals surface area contributed by atoms with Gasteiger partial charge in [0.05, 0.1) is 6.61 Å². The van der Waals surface area contributed by atoms with E-state index in [1.807, 2.05) is 13.8 Å². The summed E-state index contributed by atoms with van der Waals surface area (Å²) in [5, 5.41) is 1.01. The highest BCUT2D eigenvalue weighted by atomic mass is 16.5. The van der Waals surface area contributed by atoms with Crippen molar-refractivity contribution in [2.75, 3.05) is 6.61 Å². The number of hydrazine groups is 2. The van der Waals surface area contributed by atoms with E-state index >= 15 is 0 Å². The fourth-order valence-corrected chi connectivity index (χ4v) is 2.90. The molecule has 0 aliphatic rings. The van der Waals surface area contributed by atoms with Crippen LogP contribution in [-0.2, 0) is 9.53 Å². The van der Waals surface area contributed by atoms with Crippen molar-refractivity contribution in [1.29, 1.82) is 0 Å². The minimum absolute atomic E-state index is 0.302. The Hall–Kier alpha value is -0.650. The van der Waals surface area contributed by atoms with Crippen LogP contribution in [0.1, 0.15) is 97.8 Å². The predicted molar refractivity (Wildman–Crippen MR) is 96.3 cm³/mol. The molecule has 0 unspecified atom stereocenters. The Morgan fingerprint density at radius 1 is 0.826 bits per heavy atom. The van der Waals surface area contributed by atoms with Crippen LogP contribution in [0.3, 0.4) is 0 Å². The van der Waals surface area contributed by atoms with Crippen LogP contribution >= 0.6 is 0 Å². The van der Waals surface area contributed by atoms with Gasteiger partial charge in [0.1, 0.15) is 5.54 Å². The fourth-order valence-electron chi connectivity index (χ4n) is 2.90. The van der Waals surface area contributed by atoms with Gasteiger partial charge in [-0.05, 0) is 19.3 Å². The van der Waals surface area contributed by atoms with E-state index in [0.29, 0.717) is 19.4 Å². The van der Waals surface area contributed by atoms with E-state index in [2.05, 4.69) is 6.92 Å². The number of carbonyl (C=O) groups excluding carboxylic acids is 1. The molecule has 0 radical (unpaired) electrons. The van der Waals surface area contributed by atoms with Gasteiger partial charge in [0, 0.05) is 0 Å². The van der Waals surface area contributed by atoms with Crippen molar-refractivity contribution in [2.24, 2.45) is 11.7 Å². The number of esters is 1. The van der Waals surface area contributed by atoms with Crippen molar-refractivity contribution >= 4 is 5.97 Å². The highest BCUT2D eigenvalue weighted by molar-refractivity contribution is 5.80. The summed E-state index contributed by atoms with van der Waals surface area (Å²) >= 11 is 0. The molecule has 0 aromatic rings. The van der Waals surface area contributed by atoms with Gasteiger partial charge in [-0.3, -0.25) is 11.7 Å². The second-order valence-electron chi connectivity index (χ2n) is 6.46. The zero-order valence-electron chi connectivity index (χ0n) is 15.6. The summed E-state index contributed by atoms with van der Waals surface area (Å²) in [5.74, 6) is 11.0. The van der Waals surface area contributed by atoms with Crippen molar-refractivity contribution in [2.45, 2.75) is 103 Å². The lowest BCUT2D eigenvalue weighted by Gasteiger charge is -2.34. The summed E-state index contributed by atoms with van der Waals surface area (Å²) in [6.45, 7) is 6.51. The minimum Gasteiger partial charge on any atom is -0.464 e. The molecule has 0 aliphatic heterocycles. The second-order valence-corrected chi connectivity index (χ2v) is 6.46. The van der Waals surface area contributed by atoms with Crippen LogP contribution in [0.4, 0.5) is 0 Å². The van der Waals surface area contributed by atoms with Gasteiger partial charge in [-0.25, -0.2) is 4.79 Å². The average molecular weight is 330 g/mol. The number of carbonyl (C=O) groups is 1. The lowest BCUT2D eigenvalue weighted by atomic mass is 9.93. The van der Waals surface area contributed by atoms with Gasteiger partial charge in [-0.15, -0.1) is 0 Å². The lowest BCUT2D eigenvalue weighted by molar-refractivity contribution is -0.160. The molecular weight excluding hydrogens is 290 g/mol. The number of nitrogens with two attached hydrogens (primary N) is 2. The number of hydrogen-bond acceptors (Lipinski definition) is 5. The molecule has 23 heavy (non-hydrogen) atoms. The van der Waals surface area contributed by atoms with Crippen LogP contribution in [0.25, 0.3) is 0 Å². The Labute approximate surface area is 143 Å². The van der Waals surface area contributed by atoms with Gasteiger partial charge in [0.25, 0.3) is 0 Å². The van der Waals surface area contributed by atoms with Crippen LogP contribution in [-0.4, -0.2) is 23.2 Å². The molecule has 0 heterocycles. The first-order valence-electron chi connectivity index (χ1n) is 9.52. The molecule has 5 nitrogen and oxygen atoms in total. The van der Waals surface area contributed by atoms with Crippen molar-refractivity contribution < 1.29 is 9.53 Å². The first-order valence-corrected chi connectivity index (χ1v) is 9.52. The van der Waals surface area contributed by atoms with E-state index in [0.717, 1.165) is 18.0 Å². The van der Waals surface area contributed by atoms with Gasteiger partial charge >= 0.3 is 5.97 Å². The van der Waals surface area contributed by atoms with E-state index in [1.54, 1.807) is 0 Å². The highest BCUT2D eigenvalue weighted by Crippen LogP contribution is 2.21. The Morgan fingerprint density at radius 3 is 1.65 bits per heavy atom. The summed E-state index contributed by atoms with van der Waals surface area (Å²) in [5.41, 5.74) is -0.890. The number of rotatable bonds is 15. The molecule has 0 aliphatic carbocycles. The Morgan fingerprint density at radius 2 is 1.26 bits per heavy atom. The maximum atomic E-state index is 12.2. The molecule has 4 N–H and O–H groups in total. The van der Waals surface area contributed by atoms with Crippen LogP contribution in [0, 0.1) is 0 Å². The van der Waals surface area contributed by atoms with Crippen molar-refractivity contribution in [3.05, 3.63) is 0 Å². The summed E-state index contributed by atoms with van der Waals surface area (Å²) in [7, 11) is 0. The predicted octanol–water partition coefficient (Wildman–Crippen LogP) is 4.06. The fraction of sp³-hybridized carbons (Fsp3) is 0.944. The average Bonchev–Trinajstić information content (AvgIpc) is 2.54. The molecule has 0 saturated carbocycles. The molecule has 0 amide bonds. The molecule has 0 rings (SSSR count). The monoisotopic (exact) mass is 329 g/mol. The molecule has 5 heteroatoms. The quantitative estimate of drug-likeness (QED) is 0.205. The van der Waals surface area contributed by atoms with Gasteiger partial charge in [0.15, 0.2) is 0 Å². The van der Waals surface area contributed by atoms with E-state index in [-0.39, 0.29) is 5.97 Å². The maximum Gasteiger partial charge on any atom is 0.329 e. The molecule has 0 aromatic heterocycles. The maximum absolute atomic E-state index is 12.2. The Kier molecular flexibility index (Phi) is 13.4. The van der Waals surface area contributed by atoms with Crippen LogP contribution in [0.15, 0.2) is 0 Å². The lowest BCUT2D eigenvalue weighted by Crippen LogP contribution is -2.61. The van der Waals surface area contributed by atoms with E-state index in [1.165, 1.54) is 51.4 Å². The van der Waals surface area contributed by atoms with Crippen molar-refractivity contribution in [1.82, 2.24) is 5.12 Å². The van der Waals surface area contributed by atoms with Gasteiger partial charge < -0.3 is 4.74 Å². The van der Waals surface area contributed by atoms with Crippen LogP contribution < -0.4 is 11.7 Å². The van der Waals surface area contributed by atoms with E-state index in [4.69, 9.17) is 16.4 Å². The topological polar surface area (TPSA) is 81.6 Å². The third kappa shape index (κ3) is 8.68. The highest BCUT2D eigenvalue weighted by Gasteiger charge is 2.40. The summed E-state index contributed by atoms with van der Waals surface area (Å²) in [6.07, 6.45) is 13.7. The number of ether oxygens (including phenoxy) is 1. The molecule has 0 atom stereocenters. The molecule has 0 aromatic carbocycles. The molecule has 0 saturated heterocycles. The Balaban J connectivity index is 3.66. The zero-order chi connectivity index (χ0) is 17.6. The summed E-state index contributed by atoms with van der Waals surface area (Å²) in [6, 6.07) is 0. The normalized spacial score (nSPS) is 11.9. The first kappa shape index (κ1) is 22.4. The van der Waals surface area contributed by atoms with Crippen LogP contribution in [0.2, 0.25) is 0 Å². The van der Waals surface area contributed by atoms with Crippen LogP contribution in [0.5, 0.6) is 0 Å². The second kappa shape index (κ2) is 13.8. The minimum atomic E-state index is -0.890. The third-order valence-corrected chi connectivity index (χ3v) is 4.78. The smallest absolute Gasteiger partial charge is 0.329 e. The Bertz CT molecular complexity index is 292. The van der Waals surface area contributed by atoms with Gasteiger partial charge in [0.2, 0.25) is 0 Å². The van der Waals surface area contributed by atoms with Gasteiger partial charge in [-0.2, -0.15) is 5.12 Å². The number of unbranched alkanes of at least 4 members (excludes halogenated alkanes) is 9. The van der Waals surface area contributed by atoms with Crippen molar-refractivity contribution in [3.63, 3.8) is 0 Å². The number of hydrogen-bond donors (Lipinski definition) is 2. The van der Waals surface area contributed by atoms with Gasteiger partial charge in [-0.1, -0.05) is 78.6 Å². The molecule has 0 fully saturated rings. The third-order valence-electron chi connectivity index (χ3n) is 4.78. The molecule has 0 spiro atoms. The zero-order valence-corrected chi connectivity index (χ0v) is 15.6. The molecule has 138 valence electrons. The van der Waals surface area contributed by atoms with E-state index in [9.17, 15) is 4.79 Å². The number of nitrogens with zero attached hydrogens (tertiary/aromatic N) is 1.